The van der Waals surface area contributed by atoms with E-state index in [1.807, 2.05) is 41.3 Å². The van der Waals surface area contributed by atoms with Gasteiger partial charge in [0.15, 0.2) is 0 Å². The second kappa shape index (κ2) is 8.95. The highest BCUT2D eigenvalue weighted by Gasteiger charge is 2.31. The lowest BCUT2D eigenvalue weighted by Gasteiger charge is -2.45. The summed E-state index contributed by atoms with van der Waals surface area (Å²) in [5, 5.41) is 0. The zero-order valence-electron chi connectivity index (χ0n) is 17.6. The third-order valence-corrected chi connectivity index (χ3v) is 5.27. The number of nitrogens with zero attached hydrogens (tertiary/aromatic N) is 3. The van der Waals surface area contributed by atoms with Crippen LogP contribution in [0.15, 0.2) is 60.7 Å². The smallest absolute Gasteiger partial charge is 0.253 e. The Morgan fingerprint density at radius 1 is 0.931 bits per heavy atom. The molecule has 1 aliphatic rings. The molecule has 1 heterocycles. The van der Waals surface area contributed by atoms with Gasteiger partial charge in [-0.15, -0.1) is 0 Å². The van der Waals surface area contributed by atoms with E-state index in [0.717, 1.165) is 5.56 Å². The maximum Gasteiger partial charge on any atom is 0.253 e. The molecule has 1 fully saturated rings. The molecular formula is C24H29N3O2. The number of piperazine rings is 1. The molecule has 1 saturated heterocycles. The van der Waals surface area contributed by atoms with Crippen molar-refractivity contribution in [3.63, 3.8) is 0 Å². The van der Waals surface area contributed by atoms with Gasteiger partial charge in [-0.25, -0.2) is 0 Å². The maximum atomic E-state index is 12.7. The first-order chi connectivity index (χ1) is 13.9. The summed E-state index contributed by atoms with van der Waals surface area (Å²) in [6.45, 7) is 5.71. The number of hydrogen-bond donors (Lipinski definition) is 0. The summed E-state index contributed by atoms with van der Waals surface area (Å²) in [7, 11) is 3.46. The molecule has 0 bridgehead atoms. The lowest BCUT2D eigenvalue weighted by atomic mass is 10.1. The first-order valence-electron chi connectivity index (χ1n) is 9.99. The molecular weight excluding hydrogens is 362 g/mol. The van der Waals surface area contributed by atoms with Gasteiger partial charge in [0.25, 0.3) is 5.91 Å². The molecule has 0 aromatic heterocycles. The summed E-state index contributed by atoms with van der Waals surface area (Å²) < 4.78 is 0. The van der Waals surface area contributed by atoms with Gasteiger partial charge >= 0.3 is 0 Å². The van der Waals surface area contributed by atoms with Crippen molar-refractivity contribution in [2.45, 2.75) is 25.9 Å². The Labute approximate surface area is 173 Å². The molecule has 0 N–H and O–H groups in total. The predicted octanol–water partition coefficient (Wildman–Crippen LogP) is 3.53. The third-order valence-electron chi connectivity index (χ3n) is 5.27. The van der Waals surface area contributed by atoms with Crippen LogP contribution in [0.25, 0.3) is 6.08 Å². The van der Waals surface area contributed by atoms with E-state index >= 15 is 0 Å². The van der Waals surface area contributed by atoms with Crippen LogP contribution in [-0.2, 0) is 4.79 Å². The normalized spacial score (nSPS) is 19.4. The van der Waals surface area contributed by atoms with Crippen molar-refractivity contribution >= 4 is 23.6 Å². The van der Waals surface area contributed by atoms with E-state index < -0.39 is 0 Å². The average molecular weight is 392 g/mol. The summed E-state index contributed by atoms with van der Waals surface area (Å²) in [4.78, 5) is 30.5. The Hall–Kier alpha value is -3.08. The SMILES string of the molecule is CC1CN(C(=O)/C=C/c2ccc(C(=O)N(C)C)cc2)CC(C)N1c1ccccc1. The molecule has 0 saturated carbocycles. The van der Waals surface area contributed by atoms with Crippen molar-refractivity contribution < 1.29 is 9.59 Å². The number of carbonyl (C=O) groups is 2. The quantitative estimate of drug-likeness (QED) is 0.749. The van der Waals surface area contributed by atoms with Crippen LogP contribution < -0.4 is 4.90 Å². The zero-order chi connectivity index (χ0) is 21.0. The highest BCUT2D eigenvalue weighted by Crippen LogP contribution is 2.24. The summed E-state index contributed by atoms with van der Waals surface area (Å²) in [6.07, 6.45) is 3.44. The largest absolute Gasteiger partial charge is 0.363 e. The van der Waals surface area contributed by atoms with Crippen molar-refractivity contribution in [2.24, 2.45) is 0 Å². The van der Waals surface area contributed by atoms with E-state index in [0.29, 0.717) is 18.7 Å². The number of carbonyl (C=O) groups excluding carboxylic acids is 2. The van der Waals surface area contributed by atoms with Gasteiger partial charge in [-0.2, -0.15) is 0 Å². The van der Waals surface area contributed by atoms with Crippen LogP contribution in [-0.4, -0.2) is 60.9 Å². The standard InChI is InChI=1S/C24H29N3O2/c1-18-16-26(17-19(2)27(18)22-8-6-5-7-9-22)23(28)15-12-20-10-13-21(14-11-20)24(29)25(3)4/h5-15,18-19H,16-17H2,1-4H3/b15-12+. The molecule has 29 heavy (non-hydrogen) atoms. The molecule has 0 aliphatic carbocycles. The van der Waals surface area contributed by atoms with E-state index in [1.165, 1.54) is 5.69 Å². The fourth-order valence-electron chi connectivity index (χ4n) is 3.88. The van der Waals surface area contributed by atoms with Crippen LogP contribution in [0.1, 0.15) is 29.8 Å². The van der Waals surface area contributed by atoms with Gasteiger partial charge in [0, 0.05) is 56.6 Å². The number of benzene rings is 2. The highest BCUT2D eigenvalue weighted by molar-refractivity contribution is 5.94. The topological polar surface area (TPSA) is 43.9 Å². The Bertz CT molecular complexity index is 863. The zero-order valence-corrected chi connectivity index (χ0v) is 17.6. The van der Waals surface area contributed by atoms with Gasteiger partial charge in [0.1, 0.15) is 0 Å². The second-order valence-electron chi connectivity index (χ2n) is 7.84. The van der Waals surface area contributed by atoms with Crippen molar-refractivity contribution in [2.75, 3.05) is 32.1 Å². The van der Waals surface area contributed by atoms with E-state index in [9.17, 15) is 9.59 Å². The van der Waals surface area contributed by atoms with Gasteiger partial charge in [-0.1, -0.05) is 30.3 Å². The molecule has 2 aromatic carbocycles. The Morgan fingerprint density at radius 3 is 2.07 bits per heavy atom. The van der Waals surface area contributed by atoms with Crippen molar-refractivity contribution in [3.8, 4) is 0 Å². The van der Waals surface area contributed by atoms with Crippen molar-refractivity contribution in [3.05, 3.63) is 71.8 Å². The average Bonchev–Trinajstić information content (AvgIpc) is 2.72. The third kappa shape index (κ3) is 4.86. The summed E-state index contributed by atoms with van der Waals surface area (Å²) in [5.74, 6) is -0.0132. The lowest BCUT2D eigenvalue weighted by molar-refractivity contribution is -0.127. The molecule has 3 rings (SSSR count). The minimum Gasteiger partial charge on any atom is -0.363 e. The fraction of sp³-hybridized carbons (Fsp3) is 0.333. The predicted molar refractivity (Wildman–Crippen MR) is 118 cm³/mol. The van der Waals surface area contributed by atoms with Crippen LogP contribution in [0, 0.1) is 0 Å². The van der Waals surface area contributed by atoms with Gasteiger partial charge in [-0.3, -0.25) is 9.59 Å². The Balaban J connectivity index is 1.63. The van der Waals surface area contributed by atoms with E-state index in [2.05, 4.69) is 30.9 Å². The van der Waals surface area contributed by atoms with E-state index in [4.69, 9.17) is 0 Å². The number of para-hydroxylation sites is 1. The number of rotatable bonds is 4. The minimum atomic E-state index is -0.0316. The molecule has 5 nitrogen and oxygen atoms in total. The highest BCUT2D eigenvalue weighted by atomic mass is 16.2. The van der Waals surface area contributed by atoms with Gasteiger partial charge in [-0.05, 0) is 49.8 Å². The molecule has 2 aromatic rings. The first kappa shape index (κ1) is 20.6. The second-order valence-corrected chi connectivity index (χ2v) is 7.84. The molecule has 2 amide bonds. The van der Waals surface area contributed by atoms with Crippen LogP contribution >= 0.6 is 0 Å². The van der Waals surface area contributed by atoms with Gasteiger partial charge in [0.05, 0.1) is 0 Å². The van der Waals surface area contributed by atoms with Gasteiger partial charge in [0.2, 0.25) is 5.91 Å². The van der Waals surface area contributed by atoms with Crippen molar-refractivity contribution in [1.82, 2.24) is 9.80 Å². The molecule has 5 heteroatoms. The van der Waals surface area contributed by atoms with E-state index in [1.54, 1.807) is 37.2 Å². The Kier molecular flexibility index (Phi) is 6.37. The molecule has 2 atom stereocenters. The number of amides is 2. The molecule has 0 spiro atoms. The monoisotopic (exact) mass is 391 g/mol. The van der Waals surface area contributed by atoms with Crippen LogP contribution in [0.4, 0.5) is 5.69 Å². The first-order valence-corrected chi connectivity index (χ1v) is 9.99. The number of hydrogen-bond acceptors (Lipinski definition) is 3. The molecule has 152 valence electrons. The van der Waals surface area contributed by atoms with Gasteiger partial charge < -0.3 is 14.7 Å². The van der Waals surface area contributed by atoms with Crippen LogP contribution in [0.3, 0.4) is 0 Å². The summed E-state index contributed by atoms with van der Waals surface area (Å²) in [6, 6.07) is 18.1. The fourth-order valence-corrected chi connectivity index (χ4v) is 3.88. The lowest BCUT2D eigenvalue weighted by Crippen LogP contribution is -2.58. The Morgan fingerprint density at radius 2 is 1.52 bits per heavy atom. The number of anilines is 1. The summed E-state index contributed by atoms with van der Waals surface area (Å²) >= 11 is 0. The maximum absolute atomic E-state index is 12.7. The van der Waals surface area contributed by atoms with Crippen LogP contribution in [0.2, 0.25) is 0 Å². The summed E-state index contributed by atoms with van der Waals surface area (Å²) in [5.41, 5.74) is 2.73. The molecule has 0 radical (unpaired) electrons. The molecule has 2 unspecified atom stereocenters. The van der Waals surface area contributed by atoms with E-state index in [-0.39, 0.29) is 23.9 Å². The van der Waals surface area contributed by atoms with Crippen molar-refractivity contribution in [1.29, 1.82) is 0 Å². The minimum absolute atomic E-state index is 0.0184. The molecule has 1 aliphatic heterocycles. The van der Waals surface area contributed by atoms with Crippen LogP contribution in [0.5, 0.6) is 0 Å².